The predicted molar refractivity (Wildman–Crippen MR) is 98.0 cm³/mol. The SMILES string of the molecule is CC(C)(C)S(=O)N[C@H]1c2cc(Cl)cnc2CC12CCN(C(=O)O)CC2. The van der Waals surface area contributed by atoms with E-state index in [-0.39, 0.29) is 11.5 Å². The van der Waals surface area contributed by atoms with Gasteiger partial charge in [-0.05, 0) is 57.1 Å². The molecular formula is C17H24ClN3O3S. The van der Waals surface area contributed by atoms with Crippen LogP contribution in [0.4, 0.5) is 4.79 Å². The maximum absolute atomic E-state index is 12.8. The average molecular weight is 386 g/mol. The molecule has 1 spiro atoms. The van der Waals surface area contributed by atoms with Gasteiger partial charge in [0.1, 0.15) is 0 Å². The van der Waals surface area contributed by atoms with Crippen molar-refractivity contribution < 1.29 is 14.1 Å². The molecule has 6 nitrogen and oxygen atoms in total. The van der Waals surface area contributed by atoms with Crippen molar-refractivity contribution in [2.24, 2.45) is 5.41 Å². The van der Waals surface area contributed by atoms with E-state index < -0.39 is 21.8 Å². The Labute approximate surface area is 155 Å². The van der Waals surface area contributed by atoms with Gasteiger partial charge in [0.15, 0.2) is 0 Å². The molecule has 1 aliphatic carbocycles. The van der Waals surface area contributed by atoms with Crippen LogP contribution in [0.1, 0.15) is 50.9 Å². The first-order valence-electron chi connectivity index (χ1n) is 8.43. The van der Waals surface area contributed by atoms with E-state index in [9.17, 15) is 14.1 Å². The molecule has 1 unspecified atom stereocenters. The number of likely N-dealkylation sites (tertiary alicyclic amines) is 1. The highest BCUT2D eigenvalue weighted by molar-refractivity contribution is 7.84. The Morgan fingerprint density at radius 2 is 2.08 bits per heavy atom. The highest BCUT2D eigenvalue weighted by Gasteiger charge is 2.50. The van der Waals surface area contributed by atoms with Crippen molar-refractivity contribution in [3.63, 3.8) is 0 Å². The van der Waals surface area contributed by atoms with E-state index in [1.54, 1.807) is 6.20 Å². The lowest BCUT2D eigenvalue weighted by atomic mass is 9.73. The molecule has 3 rings (SSSR count). The smallest absolute Gasteiger partial charge is 0.407 e. The first kappa shape index (κ1) is 18.6. The Balaban J connectivity index is 1.92. The Morgan fingerprint density at radius 1 is 1.44 bits per heavy atom. The third-order valence-electron chi connectivity index (χ3n) is 5.22. The highest BCUT2D eigenvalue weighted by Crippen LogP contribution is 2.52. The molecule has 8 heteroatoms. The number of hydrogen-bond donors (Lipinski definition) is 2. The summed E-state index contributed by atoms with van der Waals surface area (Å²) in [7, 11) is -1.24. The molecule has 2 N–H and O–H groups in total. The van der Waals surface area contributed by atoms with E-state index in [2.05, 4.69) is 9.71 Å². The minimum absolute atomic E-state index is 0.135. The van der Waals surface area contributed by atoms with Crippen molar-refractivity contribution in [1.82, 2.24) is 14.6 Å². The van der Waals surface area contributed by atoms with E-state index in [0.717, 1.165) is 17.7 Å². The molecule has 1 saturated heterocycles. The number of nitrogens with one attached hydrogen (secondary N) is 1. The van der Waals surface area contributed by atoms with Gasteiger partial charge < -0.3 is 10.0 Å². The Bertz CT molecular complexity index is 712. The molecule has 0 radical (unpaired) electrons. The number of pyridine rings is 1. The van der Waals surface area contributed by atoms with Crippen molar-refractivity contribution in [3.05, 3.63) is 28.5 Å². The second kappa shape index (κ2) is 6.52. The van der Waals surface area contributed by atoms with E-state index in [1.165, 1.54) is 4.90 Å². The maximum Gasteiger partial charge on any atom is 0.407 e. The van der Waals surface area contributed by atoms with E-state index in [4.69, 9.17) is 11.6 Å². The maximum atomic E-state index is 12.8. The van der Waals surface area contributed by atoms with E-state index in [0.29, 0.717) is 31.0 Å². The largest absolute Gasteiger partial charge is 0.465 e. The van der Waals surface area contributed by atoms with Crippen LogP contribution in [-0.4, -0.2) is 43.1 Å². The number of fused-ring (bicyclic) bond motifs is 1. The van der Waals surface area contributed by atoms with Crippen LogP contribution in [0, 0.1) is 5.41 Å². The first-order chi connectivity index (χ1) is 11.6. The fraction of sp³-hybridized carbons (Fsp3) is 0.647. The Kier molecular flexibility index (Phi) is 4.85. The molecule has 2 atom stereocenters. The van der Waals surface area contributed by atoms with Crippen LogP contribution < -0.4 is 4.72 Å². The van der Waals surface area contributed by atoms with Gasteiger partial charge in [0.05, 0.1) is 26.8 Å². The van der Waals surface area contributed by atoms with Crippen LogP contribution in [0.15, 0.2) is 12.3 Å². The fourth-order valence-electron chi connectivity index (χ4n) is 3.73. The van der Waals surface area contributed by atoms with E-state index in [1.807, 2.05) is 26.8 Å². The average Bonchev–Trinajstić information content (AvgIpc) is 2.80. The van der Waals surface area contributed by atoms with Gasteiger partial charge in [-0.1, -0.05) is 11.6 Å². The number of halogens is 1. The van der Waals surface area contributed by atoms with Crippen molar-refractivity contribution >= 4 is 28.7 Å². The number of rotatable bonds is 2. The summed E-state index contributed by atoms with van der Waals surface area (Å²) in [5.41, 5.74) is 1.79. The number of aromatic nitrogens is 1. The van der Waals surface area contributed by atoms with Crippen molar-refractivity contribution in [1.29, 1.82) is 0 Å². The molecule has 1 fully saturated rings. The third kappa shape index (κ3) is 3.55. The summed E-state index contributed by atoms with van der Waals surface area (Å²) in [5, 5.41) is 9.79. The van der Waals surface area contributed by atoms with Gasteiger partial charge >= 0.3 is 6.09 Å². The predicted octanol–water partition coefficient (Wildman–Crippen LogP) is 3.14. The zero-order valence-corrected chi connectivity index (χ0v) is 16.3. The summed E-state index contributed by atoms with van der Waals surface area (Å²) >= 11 is 6.16. The van der Waals surface area contributed by atoms with E-state index >= 15 is 0 Å². The molecule has 0 saturated carbocycles. The van der Waals surface area contributed by atoms with Crippen molar-refractivity contribution in [2.75, 3.05) is 13.1 Å². The first-order valence-corrected chi connectivity index (χ1v) is 9.95. The van der Waals surface area contributed by atoms with Gasteiger partial charge in [-0.2, -0.15) is 0 Å². The molecule has 138 valence electrons. The lowest BCUT2D eigenvalue weighted by Gasteiger charge is -2.43. The Hall–Kier alpha value is -1.18. The number of piperidine rings is 1. The van der Waals surface area contributed by atoms with Gasteiger partial charge in [-0.15, -0.1) is 0 Å². The van der Waals surface area contributed by atoms with Gasteiger partial charge in [0, 0.05) is 25.0 Å². The summed E-state index contributed by atoms with van der Waals surface area (Å²) < 4.78 is 15.7. The molecule has 0 aromatic carbocycles. The third-order valence-corrected chi connectivity index (χ3v) is 6.99. The molecule has 0 bridgehead atoms. The lowest BCUT2D eigenvalue weighted by Crippen LogP contribution is -2.48. The number of amides is 1. The monoisotopic (exact) mass is 385 g/mol. The number of carboxylic acid groups (broad SMARTS) is 1. The molecule has 1 aromatic heterocycles. The minimum Gasteiger partial charge on any atom is -0.465 e. The summed E-state index contributed by atoms with van der Waals surface area (Å²) in [4.78, 5) is 17.2. The summed E-state index contributed by atoms with van der Waals surface area (Å²) in [5.74, 6) is 0. The molecule has 25 heavy (non-hydrogen) atoms. The fourth-order valence-corrected chi connectivity index (χ4v) is 4.84. The lowest BCUT2D eigenvalue weighted by molar-refractivity contribution is 0.0766. The zero-order valence-electron chi connectivity index (χ0n) is 14.7. The summed E-state index contributed by atoms with van der Waals surface area (Å²) in [6, 6.07) is 1.77. The van der Waals surface area contributed by atoms with Crippen LogP contribution in [0.25, 0.3) is 0 Å². The van der Waals surface area contributed by atoms with Gasteiger partial charge in [-0.25, -0.2) is 13.7 Å². The molecule has 2 aliphatic rings. The van der Waals surface area contributed by atoms with Crippen LogP contribution in [0.3, 0.4) is 0 Å². The van der Waals surface area contributed by atoms with Gasteiger partial charge in [0.2, 0.25) is 0 Å². The van der Waals surface area contributed by atoms with Gasteiger partial charge in [0.25, 0.3) is 0 Å². The molecule has 2 heterocycles. The van der Waals surface area contributed by atoms with Gasteiger partial charge in [-0.3, -0.25) is 4.98 Å². The van der Waals surface area contributed by atoms with Crippen molar-refractivity contribution in [3.8, 4) is 0 Å². The molecule has 1 amide bonds. The molecular weight excluding hydrogens is 362 g/mol. The quantitative estimate of drug-likeness (QED) is 0.819. The second-order valence-corrected chi connectivity index (χ2v) is 10.4. The topological polar surface area (TPSA) is 82.5 Å². The summed E-state index contributed by atoms with van der Waals surface area (Å²) in [6.07, 6.45) is 2.95. The molecule has 1 aromatic rings. The normalized spacial score (nSPS) is 23.5. The zero-order chi connectivity index (χ0) is 18.4. The second-order valence-electron chi connectivity index (χ2n) is 7.93. The van der Waals surface area contributed by atoms with Crippen molar-refractivity contribution in [2.45, 2.75) is 50.8 Å². The standard InChI is InChI=1S/C17H24ClN3O3S/c1-16(2,3)25(24)20-14-12-8-11(18)10-19-13(12)9-17(14)4-6-21(7-5-17)15(22)23/h8,10,14,20H,4-7,9H2,1-3H3,(H,22,23)/t14-,25?/m0/s1. The van der Waals surface area contributed by atoms with Crippen LogP contribution in [0.2, 0.25) is 5.02 Å². The van der Waals surface area contributed by atoms with Crippen LogP contribution >= 0.6 is 11.6 Å². The number of hydrogen-bond acceptors (Lipinski definition) is 3. The number of carbonyl (C=O) groups is 1. The Morgan fingerprint density at radius 3 is 2.64 bits per heavy atom. The number of nitrogens with zero attached hydrogens (tertiary/aromatic N) is 2. The highest BCUT2D eigenvalue weighted by atomic mass is 35.5. The molecule has 1 aliphatic heterocycles. The van der Waals surface area contributed by atoms with Crippen LogP contribution in [-0.2, 0) is 17.4 Å². The summed E-state index contributed by atoms with van der Waals surface area (Å²) in [6.45, 7) is 6.76. The van der Waals surface area contributed by atoms with Crippen LogP contribution in [0.5, 0.6) is 0 Å². The minimum atomic E-state index is -1.24.